The number of nitrogens with two attached hydrogens (primary N) is 1. The Morgan fingerprint density at radius 3 is 2.35 bits per heavy atom. The first-order valence-corrected chi connectivity index (χ1v) is 14.8. The summed E-state index contributed by atoms with van der Waals surface area (Å²) >= 11 is 0. The van der Waals surface area contributed by atoms with Crippen LogP contribution in [-0.2, 0) is 30.3 Å². The molecule has 0 aromatic heterocycles. The molecule has 1 heterocycles. The molecule has 0 spiro atoms. The second-order valence-electron chi connectivity index (χ2n) is 11.2. The van der Waals surface area contributed by atoms with Crippen molar-refractivity contribution in [3.05, 3.63) is 92.3 Å². The van der Waals surface area contributed by atoms with E-state index in [0.717, 1.165) is 19.2 Å². The number of hydrogen-bond acceptors (Lipinski definition) is 11. The molecule has 16 heteroatoms. The zero-order valence-corrected chi connectivity index (χ0v) is 26.6. The Morgan fingerprint density at radius 2 is 1.77 bits per heavy atom. The van der Waals surface area contributed by atoms with E-state index < -0.39 is 69.5 Å². The fourth-order valence-corrected chi connectivity index (χ4v) is 4.90. The lowest BCUT2D eigenvalue weighted by Crippen LogP contribution is -2.42. The molecular formula is C32H37F3N4O9. The molecule has 0 bridgehead atoms. The molecule has 1 aliphatic heterocycles. The van der Waals surface area contributed by atoms with Gasteiger partial charge < -0.3 is 35.7 Å². The summed E-state index contributed by atoms with van der Waals surface area (Å²) in [7, 11) is 0.859. The van der Waals surface area contributed by atoms with Crippen LogP contribution in [0.2, 0.25) is 0 Å². The Bertz CT molecular complexity index is 1570. The number of allylic oxidation sites excluding steroid dienone is 2. The van der Waals surface area contributed by atoms with Crippen molar-refractivity contribution in [2.45, 2.75) is 51.4 Å². The van der Waals surface area contributed by atoms with Crippen LogP contribution in [0.1, 0.15) is 37.8 Å². The molecule has 0 aliphatic carbocycles. The van der Waals surface area contributed by atoms with Crippen LogP contribution < -0.4 is 21.1 Å². The number of amides is 1. The van der Waals surface area contributed by atoms with E-state index in [0.29, 0.717) is 11.3 Å². The second kappa shape index (κ2) is 16.2. The third-order valence-electron chi connectivity index (χ3n) is 7.47. The lowest BCUT2D eigenvalue weighted by molar-refractivity contribution is -0.384. The number of benzene rings is 2. The first-order valence-electron chi connectivity index (χ1n) is 14.8. The number of dihydropyridines is 1. The highest BCUT2D eigenvalue weighted by Gasteiger charge is 2.47. The maximum atomic E-state index is 14.1. The van der Waals surface area contributed by atoms with E-state index in [9.17, 15) is 42.8 Å². The van der Waals surface area contributed by atoms with E-state index in [2.05, 4.69) is 15.4 Å². The molecule has 0 fully saturated rings. The maximum absolute atomic E-state index is 14.1. The van der Waals surface area contributed by atoms with E-state index in [1.54, 1.807) is 24.3 Å². The number of aliphatic hydroxyl groups is 1. The van der Waals surface area contributed by atoms with Crippen LogP contribution in [-0.4, -0.2) is 73.1 Å². The molecule has 3 atom stereocenters. The number of non-ortho nitro benzene ring substituents is 1. The van der Waals surface area contributed by atoms with Gasteiger partial charge in [0.15, 0.2) is 0 Å². The lowest BCUT2D eigenvalue weighted by atomic mass is 9.80. The first kappa shape index (κ1) is 37.5. The largest absolute Gasteiger partial charge is 0.491 e. The van der Waals surface area contributed by atoms with E-state index >= 15 is 0 Å². The summed E-state index contributed by atoms with van der Waals surface area (Å²) in [5, 5.41) is 26.1. The Kier molecular flexibility index (Phi) is 12.7. The van der Waals surface area contributed by atoms with E-state index in [-0.39, 0.29) is 43.4 Å². The number of carbonyl (C=O) groups is 3. The topological polar surface area (TPSA) is 192 Å². The highest BCUT2D eigenvalue weighted by atomic mass is 19.4. The van der Waals surface area contributed by atoms with Gasteiger partial charge >= 0.3 is 18.1 Å². The summed E-state index contributed by atoms with van der Waals surface area (Å²) in [6.45, 7) is 4.40. The number of hydrogen-bond donors (Lipinski definition) is 4. The molecule has 3 rings (SSSR count). The molecule has 0 radical (unpaired) electrons. The van der Waals surface area contributed by atoms with Crippen molar-refractivity contribution < 1.29 is 51.8 Å². The molecule has 260 valence electrons. The number of ether oxygens (including phenoxy) is 3. The number of carbonyl (C=O) groups excluding carboxylic acids is 3. The number of nitrogens with one attached hydrogen (secondary N) is 2. The minimum Gasteiger partial charge on any atom is -0.491 e. The summed E-state index contributed by atoms with van der Waals surface area (Å²) in [4.78, 5) is 49.1. The van der Waals surface area contributed by atoms with Crippen molar-refractivity contribution in [2.24, 2.45) is 11.7 Å². The smallest absolute Gasteiger partial charge is 0.431 e. The van der Waals surface area contributed by atoms with Gasteiger partial charge in [-0.25, -0.2) is 9.59 Å². The van der Waals surface area contributed by atoms with Crippen molar-refractivity contribution in [3.8, 4) is 5.75 Å². The van der Waals surface area contributed by atoms with Crippen molar-refractivity contribution >= 4 is 23.5 Å². The first-order chi connectivity index (χ1) is 22.5. The number of esters is 2. The van der Waals surface area contributed by atoms with Gasteiger partial charge in [-0.15, -0.1) is 0 Å². The summed E-state index contributed by atoms with van der Waals surface area (Å²) in [5.74, 6) is -4.16. The van der Waals surface area contributed by atoms with Gasteiger partial charge in [0.2, 0.25) is 5.91 Å². The number of methoxy groups -OCH3 is 1. The second-order valence-corrected chi connectivity index (χ2v) is 11.2. The third-order valence-corrected chi connectivity index (χ3v) is 7.47. The van der Waals surface area contributed by atoms with Gasteiger partial charge in [-0.05, 0) is 36.1 Å². The lowest BCUT2D eigenvalue weighted by Gasteiger charge is -2.31. The Morgan fingerprint density at radius 1 is 1.10 bits per heavy atom. The monoisotopic (exact) mass is 678 g/mol. The fourth-order valence-electron chi connectivity index (χ4n) is 4.90. The van der Waals surface area contributed by atoms with Crippen molar-refractivity contribution in [3.63, 3.8) is 0 Å². The Labute approximate surface area is 274 Å². The van der Waals surface area contributed by atoms with Gasteiger partial charge in [-0.3, -0.25) is 14.9 Å². The molecule has 0 saturated heterocycles. The number of nitrogens with zero attached hydrogens (tertiary/aromatic N) is 1. The molecular weight excluding hydrogens is 641 g/mol. The number of nitro groups is 1. The molecule has 0 saturated carbocycles. The average molecular weight is 679 g/mol. The third kappa shape index (κ3) is 9.54. The fraction of sp³-hybridized carbons (Fsp3) is 0.406. The van der Waals surface area contributed by atoms with Crippen molar-refractivity contribution in [1.82, 2.24) is 10.6 Å². The van der Waals surface area contributed by atoms with Crippen LogP contribution in [0, 0.1) is 16.0 Å². The van der Waals surface area contributed by atoms with Gasteiger partial charge in [0.25, 0.3) is 5.69 Å². The minimum absolute atomic E-state index is 0.000185. The average Bonchev–Trinajstić information content (AvgIpc) is 3.04. The Hall–Kier alpha value is -4.96. The quantitative estimate of drug-likeness (QED) is 0.0993. The SMILES string of the molecule is COC(=O)C1=C(C(F)(F)F)NC(C)=C(C(=O)OCCNC(=O)Cc2ccc(OCC(O)C(N)C(C)C)cc2)C1c1cccc([N+](=O)[O-])c1. The highest BCUT2D eigenvalue weighted by molar-refractivity contribution is 6.00. The number of alkyl halides is 3. The molecule has 2 aromatic carbocycles. The van der Waals surface area contributed by atoms with Crippen molar-refractivity contribution in [1.29, 1.82) is 0 Å². The van der Waals surface area contributed by atoms with Gasteiger partial charge in [-0.2, -0.15) is 13.2 Å². The van der Waals surface area contributed by atoms with Gasteiger partial charge in [0.05, 0.1) is 42.1 Å². The molecule has 48 heavy (non-hydrogen) atoms. The summed E-state index contributed by atoms with van der Waals surface area (Å²) in [6.07, 6.45) is -5.97. The molecule has 1 aliphatic rings. The van der Waals surface area contributed by atoms with E-state index in [1.165, 1.54) is 19.1 Å². The van der Waals surface area contributed by atoms with Crippen LogP contribution in [0.15, 0.2) is 71.1 Å². The predicted molar refractivity (Wildman–Crippen MR) is 165 cm³/mol. The van der Waals surface area contributed by atoms with Gasteiger partial charge in [-0.1, -0.05) is 38.1 Å². The standard InChI is InChI=1S/C32H37F3N4O9/c1-17(2)28(36)23(40)16-48-22-10-8-19(9-11-22)14-24(41)37-12-13-47-31(43)25-18(3)38-29(32(33,34)35)27(30(42)46-4)26(25)20-6-5-7-21(15-20)39(44)45/h5-11,15,17,23,26,28,38,40H,12-14,16,36H2,1-4H3,(H,37,41). The maximum Gasteiger partial charge on any atom is 0.431 e. The molecule has 2 aromatic rings. The number of aliphatic hydroxyl groups excluding tert-OH is 1. The minimum atomic E-state index is -5.08. The molecule has 5 N–H and O–H groups in total. The molecule has 3 unspecified atom stereocenters. The zero-order valence-electron chi connectivity index (χ0n) is 26.6. The Balaban J connectivity index is 1.68. The van der Waals surface area contributed by atoms with Crippen LogP contribution in [0.25, 0.3) is 0 Å². The van der Waals surface area contributed by atoms with Crippen molar-refractivity contribution in [2.75, 3.05) is 26.9 Å². The predicted octanol–water partition coefficient (Wildman–Crippen LogP) is 3.17. The summed E-state index contributed by atoms with van der Waals surface area (Å²) in [6, 6.07) is 10.6. The highest BCUT2D eigenvalue weighted by Crippen LogP contribution is 2.43. The number of halogens is 3. The van der Waals surface area contributed by atoms with Gasteiger partial charge in [0.1, 0.15) is 30.8 Å². The van der Waals surface area contributed by atoms with E-state index in [1.807, 2.05) is 13.8 Å². The van der Waals surface area contributed by atoms with E-state index in [4.69, 9.17) is 15.2 Å². The normalized spacial score (nSPS) is 16.2. The van der Waals surface area contributed by atoms with Crippen LogP contribution in [0.3, 0.4) is 0 Å². The van der Waals surface area contributed by atoms with Crippen LogP contribution in [0.5, 0.6) is 5.75 Å². The summed E-state index contributed by atoms with van der Waals surface area (Å²) in [5.41, 5.74) is 2.73. The molecule has 1 amide bonds. The summed E-state index contributed by atoms with van der Waals surface area (Å²) < 4.78 is 57.6. The zero-order chi connectivity index (χ0) is 35.8. The number of nitro benzene ring substituents is 1. The van der Waals surface area contributed by atoms with Gasteiger partial charge in [0, 0.05) is 23.9 Å². The van der Waals surface area contributed by atoms with Crippen LogP contribution >= 0.6 is 0 Å². The van der Waals surface area contributed by atoms with Crippen LogP contribution in [0.4, 0.5) is 18.9 Å². The number of rotatable bonds is 14. The molecule has 13 nitrogen and oxygen atoms in total.